The number of hydrogen-bond donors (Lipinski definition) is 2. The molecule has 0 bridgehead atoms. The fraction of sp³-hybridized carbons (Fsp3) is 0.200. The van der Waals surface area contributed by atoms with Gasteiger partial charge in [0.2, 0.25) is 5.82 Å². The third-order valence-corrected chi connectivity index (χ3v) is 5.62. The van der Waals surface area contributed by atoms with Gasteiger partial charge in [-0.05, 0) is 55.2 Å². The van der Waals surface area contributed by atoms with Crippen molar-refractivity contribution in [1.29, 1.82) is 5.26 Å². The van der Waals surface area contributed by atoms with E-state index in [1.807, 2.05) is 30.3 Å². The zero-order valence-electron chi connectivity index (χ0n) is 14.8. The molecule has 0 radical (unpaired) electrons. The molecule has 7 nitrogen and oxygen atoms in total. The number of nitrogens with zero attached hydrogens (tertiary/aromatic N) is 4. The number of fused-ring (bicyclic) bond motifs is 1. The van der Waals surface area contributed by atoms with Crippen LogP contribution >= 0.6 is 11.3 Å². The topological polar surface area (TPSA) is 114 Å². The monoisotopic (exact) mass is 388 g/mol. The minimum Gasteiger partial charge on any atom is -0.384 e. The summed E-state index contributed by atoms with van der Waals surface area (Å²) < 4.78 is 6.45. The largest absolute Gasteiger partial charge is 0.384 e. The van der Waals surface area contributed by atoms with Crippen molar-refractivity contribution in [3.63, 3.8) is 0 Å². The van der Waals surface area contributed by atoms with Crippen LogP contribution in [0.15, 0.2) is 40.9 Å². The van der Waals surface area contributed by atoms with E-state index in [1.54, 1.807) is 6.07 Å². The average molecular weight is 388 g/mol. The van der Waals surface area contributed by atoms with Crippen molar-refractivity contribution >= 4 is 32.4 Å². The van der Waals surface area contributed by atoms with Crippen LogP contribution in [-0.4, -0.2) is 21.7 Å². The minimum atomic E-state index is 0.373. The summed E-state index contributed by atoms with van der Waals surface area (Å²) in [7, 11) is 0. The first-order valence-electron chi connectivity index (χ1n) is 8.98. The SMILES string of the molecule is N#Cc1cc(-c2nc(-c3ccc4sc(N)nc4c3)no2)ccc1NCC1CC1. The molecule has 138 valence electrons. The van der Waals surface area contributed by atoms with Crippen LogP contribution in [0.2, 0.25) is 0 Å². The molecule has 5 rings (SSSR count). The number of aromatic nitrogens is 3. The highest BCUT2D eigenvalue weighted by atomic mass is 32.1. The molecular weight excluding hydrogens is 372 g/mol. The van der Waals surface area contributed by atoms with E-state index in [9.17, 15) is 5.26 Å². The lowest BCUT2D eigenvalue weighted by Gasteiger charge is -2.07. The zero-order chi connectivity index (χ0) is 19.1. The van der Waals surface area contributed by atoms with Crippen LogP contribution in [-0.2, 0) is 0 Å². The van der Waals surface area contributed by atoms with E-state index in [4.69, 9.17) is 10.3 Å². The summed E-state index contributed by atoms with van der Waals surface area (Å²) in [6.45, 7) is 0.905. The Bertz CT molecular complexity index is 1220. The van der Waals surface area contributed by atoms with E-state index >= 15 is 0 Å². The average Bonchev–Trinajstić information content (AvgIpc) is 3.26. The van der Waals surface area contributed by atoms with Crippen molar-refractivity contribution < 1.29 is 4.52 Å². The number of hydrogen-bond acceptors (Lipinski definition) is 8. The van der Waals surface area contributed by atoms with Gasteiger partial charge in [0.05, 0.1) is 21.5 Å². The van der Waals surface area contributed by atoms with Gasteiger partial charge in [-0.2, -0.15) is 10.2 Å². The molecule has 0 unspecified atom stereocenters. The number of nitrogens with two attached hydrogens (primary N) is 1. The highest BCUT2D eigenvalue weighted by Gasteiger charge is 2.21. The normalized spacial score (nSPS) is 13.5. The van der Waals surface area contributed by atoms with Gasteiger partial charge in [0.15, 0.2) is 5.13 Å². The second kappa shape index (κ2) is 6.62. The molecule has 0 atom stereocenters. The summed E-state index contributed by atoms with van der Waals surface area (Å²) in [5, 5.41) is 17.4. The molecule has 0 aliphatic heterocycles. The molecular formula is C20H16N6OS. The molecule has 4 aromatic rings. The Hall–Kier alpha value is -3.44. The Morgan fingerprint density at radius 1 is 1.18 bits per heavy atom. The Morgan fingerprint density at radius 3 is 2.86 bits per heavy atom. The smallest absolute Gasteiger partial charge is 0.258 e. The van der Waals surface area contributed by atoms with Crippen molar-refractivity contribution in [1.82, 2.24) is 15.1 Å². The fourth-order valence-corrected chi connectivity index (χ4v) is 3.76. The number of nitrogen functional groups attached to an aromatic ring is 1. The Labute approximate surface area is 164 Å². The van der Waals surface area contributed by atoms with Gasteiger partial charge in [-0.1, -0.05) is 16.5 Å². The number of rotatable bonds is 5. The Morgan fingerprint density at radius 2 is 2.04 bits per heavy atom. The summed E-state index contributed by atoms with van der Waals surface area (Å²) in [4.78, 5) is 8.79. The maximum atomic E-state index is 9.48. The lowest BCUT2D eigenvalue weighted by molar-refractivity contribution is 0.432. The molecule has 1 aliphatic rings. The fourth-order valence-electron chi connectivity index (χ4n) is 3.04. The summed E-state index contributed by atoms with van der Waals surface area (Å²) >= 11 is 1.44. The van der Waals surface area contributed by atoms with Crippen LogP contribution in [0.25, 0.3) is 33.1 Å². The molecule has 3 N–H and O–H groups in total. The van der Waals surface area contributed by atoms with Crippen molar-refractivity contribution in [3.05, 3.63) is 42.0 Å². The number of thiazole rings is 1. The maximum Gasteiger partial charge on any atom is 0.258 e. The lowest BCUT2D eigenvalue weighted by atomic mass is 10.1. The van der Waals surface area contributed by atoms with E-state index in [2.05, 4.69) is 26.5 Å². The van der Waals surface area contributed by atoms with Crippen molar-refractivity contribution in [2.45, 2.75) is 12.8 Å². The minimum absolute atomic E-state index is 0.373. The van der Waals surface area contributed by atoms with E-state index in [0.717, 1.165) is 33.9 Å². The summed E-state index contributed by atoms with van der Waals surface area (Å²) in [6.07, 6.45) is 2.52. The third-order valence-electron chi connectivity index (χ3n) is 4.75. The number of nitriles is 1. The van der Waals surface area contributed by atoms with E-state index in [1.165, 1.54) is 24.2 Å². The molecule has 1 saturated carbocycles. The summed E-state index contributed by atoms with van der Waals surface area (Å²) in [5.74, 6) is 1.58. The highest BCUT2D eigenvalue weighted by Crippen LogP contribution is 2.31. The van der Waals surface area contributed by atoms with Gasteiger partial charge in [0.1, 0.15) is 6.07 Å². The number of anilines is 2. The number of nitrogens with one attached hydrogen (secondary N) is 1. The maximum absolute atomic E-state index is 9.48. The predicted molar refractivity (Wildman–Crippen MR) is 109 cm³/mol. The Balaban J connectivity index is 1.43. The van der Waals surface area contributed by atoms with E-state index in [0.29, 0.717) is 28.0 Å². The molecule has 0 spiro atoms. The molecule has 8 heteroatoms. The third kappa shape index (κ3) is 3.17. The van der Waals surface area contributed by atoms with Crippen LogP contribution < -0.4 is 11.1 Å². The van der Waals surface area contributed by atoms with Crippen LogP contribution in [0.5, 0.6) is 0 Å². The van der Waals surface area contributed by atoms with Gasteiger partial charge in [-0.15, -0.1) is 0 Å². The van der Waals surface area contributed by atoms with Crippen molar-refractivity contribution in [2.75, 3.05) is 17.6 Å². The zero-order valence-corrected chi connectivity index (χ0v) is 15.7. The molecule has 0 saturated heterocycles. The first-order chi connectivity index (χ1) is 13.7. The van der Waals surface area contributed by atoms with Crippen LogP contribution in [0.3, 0.4) is 0 Å². The van der Waals surface area contributed by atoms with Gasteiger partial charge in [-0.25, -0.2) is 4.98 Å². The summed E-state index contributed by atoms with van der Waals surface area (Å²) in [6, 6.07) is 13.5. The van der Waals surface area contributed by atoms with Crippen LogP contribution in [0.1, 0.15) is 18.4 Å². The molecule has 2 aromatic carbocycles. The molecule has 2 aromatic heterocycles. The Kier molecular flexibility index (Phi) is 3.95. The molecule has 2 heterocycles. The van der Waals surface area contributed by atoms with Crippen LogP contribution in [0, 0.1) is 17.2 Å². The standard InChI is InChI=1S/C20H16N6OS/c21-9-14-7-13(3-5-15(14)23-10-11-1-2-11)19-25-18(26-27-19)12-4-6-17-16(8-12)24-20(22)28-17/h3-8,11,23H,1-2,10H2,(H2,22,24). The van der Waals surface area contributed by atoms with E-state index in [-0.39, 0.29) is 0 Å². The molecule has 0 amide bonds. The molecule has 28 heavy (non-hydrogen) atoms. The molecule has 1 fully saturated rings. The number of benzene rings is 2. The van der Waals surface area contributed by atoms with Crippen molar-refractivity contribution in [2.24, 2.45) is 5.92 Å². The van der Waals surface area contributed by atoms with E-state index < -0.39 is 0 Å². The quantitative estimate of drug-likeness (QED) is 0.524. The van der Waals surface area contributed by atoms with Gasteiger partial charge in [0.25, 0.3) is 5.89 Å². The summed E-state index contributed by atoms with van der Waals surface area (Å²) in [5.41, 5.74) is 9.50. The molecule has 1 aliphatic carbocycles. The first-order valence-corrected chi connectivity index (χ1v) is 9.80. The predicted octanol–water partition coefficient (Wildman–Crippen LogP) is 4.29. The van der Waals surface area contributed by atoms with Crippen molar-refractivity contribution in [3.8, 4) is 28.9 Å². The first kappa shape index (κ1) is 16.7. The lowest BCUT2D eigenvalue weighted by Crippen LogP contribution is -2.04. The van der Waals surface area contributed by atoms with Gasteiger partial charge < -0.3 is 15.6 Å². The second-order valence-electron chi connectivity index (χ2n) is 6.85. The van der Waals surface area contributed by atoms with Crippen LogP contribution in [0.4, 0.5) is 10.8 Å². The van der Waals surface area contributed by atoms with Gasteiger partial charge >= 0.3 is 0 Å². The van der Waals surface area contributed by atoms with Gasteiger partial charge in [0, 0.05) is 17.7 Å². The second-order valence-corrected chi connectivity index (χ2v) is 7.92. The highest BCUT2D eigenvalue weighted by molar-refractivity contribution is 7.22. The van der Waals surface area contributed by atoms with Gasteiger partial charge in [-0.3, -0.25) is 0 Å².